The largest absolute Gasteiger partial charge is 0.245 e. The standard InChI is InChI=1S/C13H18N2/c1-5-13(4,6-2)11-7-10(3)12(8-14)15-9-11/h7,9H,5-6H2,1-4H3. The summed E-state index contributed by atoms with van der Waals surface area (Å²) < 4.78 is 0. The molecule has 0 fully saturated rings. The predicted molar refractivity (Wildman–Crippen MR) is 61.6 cm³/mol. The number of hydrogen-bond donors (Lipinski definition) is 0. The average molecular weight is 202 g/mol. The molecule has 15 heavy (non-hydrogen) atoms. The van der Waals surface area contributed by atoms with Crippen molar-refractivity contribution in [2.75, 3.05) is 0 Å². The molecular weight excluding hydrogens is 184 g/mol. The second-order valence-electron chi connectivity index (χ2n) is 4.27. The van der Waals surface area contributed by atoms with E-state index in [1.807, 2.05) is 13.1 Å². The van der Waals surface area contributed by atoms with E-state index in [2.05, 4.69) is 37.9 Å². The van der Waals surface area contributed by atoms with Crippen molar-refractivity contribution >= 4 is 0 Å². The Balaban J connectivity index is 3.18. The molecular formula is C13H18N2. The van der Waals surface area contributed by atoms with Gasteiger partial charge in [0, 0.05) is 6.20 Å². The number of aryl methyl sites for hydroxylation is 1. The Labute approximate surface area is 92.0 Å². The monoisotopic (exact) mass is 202 g/mol. The Kier molecular flexibility index (Phi) is 3.47. The SMILES string of the molecule is CCC(C)(CC)c1cnc(C#N)c(C)c1. The van der Waals surface area contributed by atoms with E-state index in [0.29, 0.717) is 5.69 Å². The number of rotatable bonds is 3. The van der Waals surface area contributed by atoms with Gasteiger partial charge in [0.2, 0.25) is 0 Å². The highest BCUT2D eigenvalue weighted by atomic mass is 14.7. The van der Waals surface area contributed by atoms with Crippen LogP contribution in [0.1, 0.15) is 50.4 Å². The normalized spacial score (nSPS) is 11.1. The number of pyridine rings is 1. The summed E-state index contributed by atoms with van der Waals surface area (Å²) in [6, 6.07) is 4.19. The summed E-state index contributed by atoms with van der Waals surface area (Å²) >= 11 is 0. The van der Waals surface area contributed by atoms with Crippen molar-refractivity contribution in [3.63, 3.8) is 0 Å². The summed E-state index contributed by atoms with van der Waals surface area (Å²) in [5, 5.41) is 8.81. The molecule has 2 heteroatoms. The topological polar surface area (TPSA) is 36.7 Å². The minimum Gasteiger partial charge on any atom is -0.245 e. The Morgan fingerprint density at radius 2 is 2.00 bits per heavy atom. The van der Waals surface area contributed by atoms with Crippen LogP contribution in [0.3, 0.4) is 0 Å². The fraction of sp³-hybridized carbons (Fsp3) is 0.538. The quantitative estimate of drug-likeness (QED) is 0.753. The van der Waals surface area contributed by atoms with Gasteiger partial charge in [-0.25, -0.2) is 4.98 Å². The minimum atomic E-state index is 0.186. The summed E-state index contributed by atoms with van der Waals surface area (Å²) in [5.41, 5.74) is 2.94. The third-order valence-electron chi connectivity index (χ3n) is 3.44. The summed E-state index contributed by atoms with van der Waals surface area (Å²) in [6.07, 6.45) is 4.03. The molecule has 0 amide bonds. The zero-order valence-electron chi connectivity index (χ0n) is 9.96. The van der Waals surface area contributed by atoms with Crippen molar-refractivity contribution in [1.82, 2.24) is 4.98 Å². The maximum absolute atomic E-state index is 8.81. The molecule has 0 unspecified atom stereocenters. The molecule has 0 spiro atoms. The van der Waals surface area contributed by atoms with E-state index >= 15 is 0 Å². The molecule has 0 bridgehead atoms. The van der Waals surface area contributed by atoms with Crippen molar-refractivity contribution in [2.45, 2.75) is 46.0 Å². The first-order valence-corrected chi connectivity index (χ1v) is 5.44. The molecule has 1 aromatic heterocycles. The van der Waals surface area contributed by atoms with E-state index in [4.69, 9.17) is 5.26 Å². The number of aromatic nitrogens is 1. The second kappa shape index (κ2) is 4.44. The molecule has 0 N–H and O–H groups in total. The summed E-state index contributed by atoms with van der Waals surface area (Å²) in [5.74, 6) is 0. The average Bonchev–Trinajstić information content (AvgIpc) is 2.28. The van der Waals surface area contributed by atoms with Gasteiger partial charge in [-0.15, -0.1) is 0 Å². The van der Waals surface area contributed by atoms with Crippen molar-refractivity contribution in [3.8, 4) is 6.07 Å². The van der Waals surface area contributed by atoms with Gasteiger partial charge < -0.3 is 0 Å². The van der Waals surface area contributed by atoms with Gasteiger partial charge in [-0.05, 0) is 36.3 Å². The van der Waals surface area contributed by atoms with Crippen LogP contribution in [0.15, 0.2) is 12.3 Å². The smallest absolute Gasteiger partial charge is 0.143 e. The summed E-state index contributed by atoms with van der Waals surface area (Å²) in [6.45, 7) is 8.57. The first-order chi connectivity index (χ1) is 7.07. The maximum atomic E-state index is 8.81. The lowest BCUT2D eigenvalue weighted by Gasteiger charge is -2.27. The molecule has 80 valence electrons. The van der Waals surface area contributed by atoms with Crippen LogP contribution < -0.4 is 0 Å². The van der Waals surface area contributed by atoms with Gasteiger partial charge in [-0.3, -0.25) is 0 Å². The van der Waals surface area contributed by atoms with Crippen LogP contribution in [0.25, 0.3) is 0 Å². The molecule has 2 nitrogen and oxygen atoms in total. The van der Waals surface area contributed by atoms with E-state index < -0.39 is 0 Å². The molecule has 0 radical (unpaired) electrons. The van der Waals surface area contributed by atoms with E-state index in [-0.39, 0.29) is 5.41 Å². The number of nitrogens with zero attached hydrogens (tertiary/aromatic N) is 2. The van der Waals surface area contributed by atoms with Crippen LogP contribution in [-0.2, 0) is 5.41 Å². The molecule has 0 aromatic carbocycles. The Bertz CT molecular complexity index is 384. The third-order valence-corrected chi connectivity index (χ3v) is 3.44. The van der Waals surface area contributed by atoms with Gasteiger partial charge in [0.1, 0.15) is 11.8 Å². The zero-order valence-corrected chi connectivity index (χ0v) is 9.96. The fourth-order valence-electron chi connectivity index (χ4n) is 1.68. The van der Waals surface area contributed by atoms with Gasteiger partial charge in [0.15, 0.2) is 0 Å². The van der Waals surface area contributed by atoms with E-state index in [1.54, 1.807) is 0 Å². The lowest BCUT2D eigenvalue weighted by atomic mass is 9.78. The van der Waals surface area contributed by atoms with Gasteiger partial charge in [0.25, 0.3) is 0 Å². The van der Waals surface area contributed by atoms with Crippen LogP contribution in [0.4, 0.5) is 0 Å². The Morgan fingerprint density at radius 3 is 2.40 bits per heavy atom. The molecule has 0 aliphatic rings. The summed E-state index contributed by atoms with van der Waals surface area (Å²) in [4.78, 5) is 4.20. The van der Waals surface area contributed by atoms with Crippen LogP contribution in [0.2, 0.25) is 0 Å². The molecule has 0 atom stereocenters. The van der Waals surface area contributed by atoms with Gasteiger partial charge in [-0.1, -0.05) is 26.8 Å². The van der Waals surface area contributed by atoms with Crippen molar-refractivity contribution in [1.29, 1.82) is 5.26 Å². The molecule has 0 saturated carbocycles. The van der Waals surface area contributed by atoms with Crippen LogP contribution >= 0.6 is 0 Å². The van der Waals surface area contributed by atoms with Crippen LogP contribution in [0, 0.1) is 18.3 Å². The lowest BCUT2D eigenvalue weighted by molar-refractivity contribution is 0.437. The van der Waals surface area contributed by atoms with Crippen molar-refractivity contribution in [2.24, 2.45) is 0 Å². The van der Waals surface area contributed by atoms with E-state index in [1.165, 1.54) is 5.56 Å². The van der Waals surface area contributed by atoms with Crippen LogP contribution in [0.5, 0.6) is 0 Å². The minimum absolute atomic E-state index is 0.186. The Hall–Kier alpha value is -1.36. The molecule has 1 heterocycles. The van der Waals surface area contributed by atoms with E-state index in [9.17, 15) is 0 Å². The lowest BCUT2D eigenvalue weighted by Crippen LogP contribution is -2.20. The van der Waals surface area contributed by atoms with E-state index in [0.717, 1.165) is 18.4 Å². The molecule has 1 rings (SSSR count). The molecule has 0 aliphatic heterocycles. The highest BCUT2D eigenvalue weighted by Crippen LogP contribution is 2.31. The van der Waals surface area contributed by atoms with Gasteiger partial charge in [-0.2, -0.15) is 5.26 Å². The first kappa shape index (κ1) is 11.7. The number of nitriles is 1. The van der Waals surface area contributed by atoms with Gasteiger partial charge >= 0.3 is 0 Å². The zero-order chi connectivity index (χ0) is 11.5. The second-order valence-corrected chi connectivity index (χ2v) is 4.27. The molecule has 0 aliphatic carbocycles. The third kappa shape index (κ3) is 2.18. The predicted octanol–water partition coefficient (Wildman–Crippen LogP) is 3.34. The highest BCUT2D eigenvalue weighted by Gasteiger charge is 2.23. The van der Waals surface area contributed by atoms with Crippen molar-refractivity contribution < 1.29 is 0 Å². The maximum Gasteiger partial charge on any atom is 0.143 e. The highest BCUT2D eigenvalue weighted by molar-refractivity contribution is 5.35. The van der Waals surface area contributed by atoms with Gasteiger partial charge in [0.05, 0.1) is 0 Å². The molecule has 1 aromatic rings. The first-order valence-electron chi connectivity index (χ1n) is 5.44. The fourth-order valence-corrected chi connectivity index (χ4v) is 1.68. The Morgan fingerprint density at radius 1 is 1.40 bits per heavy atom. The van der Waals surface area contributed by atoms with Crippen LogP contribution in [-0.4, -0.2) is 4.98 Å². The molecule has 0 saturated heterocycles. The summed E-state index contributed by atoms with van der Waals surface area (Å²) in [7, 11) is 0. The number of hydrogen-bond acceptors (Lipinski definition) is 2. The van der Waals surface area contributed by atoms with Crippen molar-refractivity contribution in [3.05, 3.63) is 29.1 Å².